The number of rotatable bonds is 0. The highest BCUT2D eigenvalue weighted by atomic mass is 16.6. The van der Waals surface area contributed by atoms with Gasteiger partial charge in [0.15, 0.2) is 0 Å². The molecule has 0 spiro atoms. The molecule has 0 unspecified atom stereocenters. The van der Waals surface area contributed by atoms with E-state index in [1.807, 2.05) is 12.1 Å². The predicted molar refractivity (Wildman–Crippen MR) is 93.3 cm³/mol. The minimum Gasteiger partial charge on any atom is -0.393 e. The van der Waals surface area contributed by atoms with Gasteiger partial charge in [-0.15, -0.1) is 0 Å². The van der Waals surface area contributed by atoms with Crippen LogP contribution in [0.3, 0.4) is 0 Å². The molecular formula is C22H20O3. The predicted octanol–water partition coefficient (Wildman–Crippen LogP) is 3.89. The number of carbonyl (C=O) groups excluding carboxylic acids is 2. The molecule has 4 atom stereocenters. The molecule has 2 aromatic rings. The lowest BCUT2D eigenvalue weighted by Gasteiger charge is -2.45. The van der Waals surface area contributed by atoms with Crippen LogP contribution in [-0.4, -0.2) is 11.9 Å². The van der Waals surface area contributed by atoms with Gasteiger partial charge in [-0.25, -0.2) is 0 Å². The summed E-state index contributed by atoms with van der Waals surface area (Å²) in [6.45, 7) is 6.58. The van der Waals surface area contributed by atoms with Crippen molar-refractivity contribution in [1.29, 1.82) is 0 Å². The van der Waals surface area contributed by atoms with E-state index >= 15 is 0 Å². The molecule has 0 N–H and O–H groups in total. The number of ether oxygens (including phenoxy) is 1. The zero-order valence-corrected chi connectivity index (χ0v) is 14.6. The fourth-order valence-electron chi connectivity index (χ4n) is 5.00. The van der Waals surface area contributed by atoms with Crippen LogP contribution in [0.1, 0.15) is 60.4 Å². The van der Waals surface area contributed by atoms with E-state index in [0.29, 0.717) is 0 Å². The Balaban J connectivity index is 1.81. The molecule has 1 aliphatic heterocycles. The van der Waals surface area contributed by atoms with Crippen LogP contribution in [0.2, 0.25) is 0 Å². The number of esters is 2. The quantitative estimate of drug-likeness (QED) is 0.543. The summed E-state index contributed by atoms with van der Waals surface area (Å²) < 4.78 is 5.07. The summed E-state index contributed by atoms with van der Waals surface area (Å²) >= 11 is 0. The maximum atomic E-state index is 12.5. The molecule has 0 amide bonds. The Hall–Kier alpha value is -2.42. The molecule has 1 saturated heterocycles. The van der Waals surface area contributed by atoms with Crippen molar-refractivity contribution in [2.45, 2.75) is 38.0 Å². The molecule has 0 saturated carbocycles. The van der Waals surface area contributed by atoms with Gasteiger partial charge in [0.2, 0.25) is 0 Å². The lowest BCUT2D eigenvalue weighted by molar-refractivity contribution is -0.153. The highest BCUT2D eigenvalue weighted by Crippen LogP contribution is 2.60. The van der Waals surface area contributed by atoms with Gasteiger partial charge in [0, 0.05) is 11.8 Å². The van der Waals surface area contributed by atoms with Crippen LogP contribution >= 0.6 is 0 Å². The second kappa shape index (κ2) is 4.60. The van der Waals surface area contributed by atoms with Gasteiger partial charge in [0.25, 0.3) is 0 Å². The van der Waals surface area contributed by atoms with Gasteiger partial charge in [-0.1, -0.05) is 63.2 Å². The van der Waals surface area contributed by atoms with E-state index in [9.17, 15) is 9.59 Å². The van der Waals surface area contributed by atoms with Gasteiger partial charge in [-0.3, -0.25) is 9.59 Å². The Morgan fingerprint density at radius 2 is 1.28 bits per heavy atom. The van der Waals surface area contributed by atoms with Gasteiger partial charge < -0.3 is 4.74 Å². The van der Waals surface area contributed by atoms with Crippen molar-refractivity contribution < 1.29 is 14.3 Å². The fraction of sp³-hybridized carbons (Fsp3) is 0.364. The van der Waals surface area contributed by atoms with Gasteiger partial charge in [0.1, 0.15) is 0 Å². The minimum atomic E-state index is -0.380. The molecule has 126 valence electrons. The van der Waals surface area contributed by atoms with Crippen LogP contribution in [0.25, 0.3) is 0 Å². The van der Waals surface area contributed by atoms with E-state index in [1.54, 1.807) is 0 Å². The number of cyclic esters (lactones) is 2. The van der Waals surface area contributed by atoms with E-state index in [-0.39, 0.29) is 41.0 Å². The van der Waals surface area contributed by atoms with Crippen molar-refractivity contribution in [3.05, 3.63) is 70.3 Å². The van der Waals surface area contributed by atoms with Crippen molar-refractivity contribution in [2.24, 2.45) is 11.8 Å². The Bertz CT molecular complexity index is 935. The van der Waals surface area contributed by atoms with Crippen molar-refractivity contribution in [1.82, 2.24) is 0 Å². The number of hydrogen-bond acceptors (Lipinski definition) is 3. The third kappa shape index (κ3) is 1.81. The monoisotopic (exact) mass is 332 g/mol. The largest absolute Gasteiger partial charge is 0.393 e. The molecule has 0 aromatic heterocycles. The third-order valence-electron chi connectivity index (χ3n) is 6.14. The smallest absolute Gasteiger partial charge is 0.318 e. The highest BCUT2D eigenvalue weighted by molar-refractivity contribution is 6.00. The number of benzene rings is 2. The summed E-state index contributed by atoms with van der Waals surface area (Å²) in [4.78, 5) is 24.9. The molecular weight excluding hydrogens is 312 g/mol. The molecule has 4 aliphatic rings. The molecule has 3 nitrogen and oxygen atoms in total. The van der Waals surface area contributed by atoms with Crippen molar-refractivity contribution in [3.8, 4) is 0 Å². The third-order valence-corrected chi connectivity index (χ3v) is 6.14. The highest BCUT2D eigenvalue weighted by Gasteiger charge is 2.60. The van der Waals surface area contributed by atoms with Crippen molar-refractivity contribution >= 4 is 11.9 Å². The second-order valence-electron chi connectivity index (χ2n) is 8.47. The molecule has 3 aliphatic carbocycles. The first kappa shape index (κ1) is 14.9. The van der Waals surface area contributed by atoms with E-state index in [1.165, 1.54) is 27.8 Å². The average molecular weight is 332 g/mol. The zero-order chi connectivity index (χ0) is 17.5. The van der Waals surface area contributed by atoms with Gasteiger partial charge in [0.05, 0.1) is 11.8 Å². The van der Waals surface area contributed by atoms with Crippen LogP contribution in [-0.2, 0) is 19.7 Å². The summed E-state index contributed by atoms with van der Waals surface area (Å²) in [6, 6.07) is 14.8. The van der Waals surface area contributed by atoms with Crippen molar-refractivity contribution in [3.63, 3.8) is 0 Å². The van der Waals surface area contributed by atoms with Gasteiger partial charge in [-0.05, 0) is 33.2 Å². The van der Waals surface area contributed by atoms with E-state index in [4.69, 9.17) is 4.74 Å². The molecule has 2 aromatic carbocycles. The van der Waals surface area contributed by atoms with Crippen LogP contribution in [0, 0.1) is 11.8 Å². The molecule has 3 heteroatoms. The van der Waals surface area contributed by atoms with Crippen LogP contribution in [0.5, 0.6) is 0 Å². The Morgan fingerprint density at radius 3 is 1.84 bits per heavy atom. The first-order valence-electron chi connectivity index (χ1n) is 8.86. The molecule has 1 fully saturated rings. The molecule has 1 heterocycles. The molecule has 0 radical (unpaired) electrons. The minimum absolute atomic E-state index is 0.0383. The van der Waals surface area contributed by atoms with Crippen LogP contribution in [0.4, 0.5) is 0 Å². The Morgan fingerprint density at radius 1 is 0.760 bits per heavy atom. The first-order valence-corrected chi connectivity index (χ1v) is 8.86. The first-order chi connectivity index (χ1) is 11.9. The lowest BCUT2D eigenvalue weighted by atomic mass is 9.54. The van der Waals surface area contributed by atoms with E-state index in [0.717, 1.165) is 0 Å². The van der Waals surface area contributed by atoms with Gasteiger partial charge in [-0.2, -0.15) is 0 Å². The summed E-state index contributed by atoms with van der Waals surface area (Å²) in [6.07, 6.45) is 0. The van der Waals surface area contributed by atoms with E-state index in [2.05, 4.69) is 51.1 Å². The van der Waals surface area contributed by atoms with Gasteiger partial charge >= 0.3 is 11.9 Å². The number of carbonyl (C=O) groups is 2. The van der Waals surface area contributed by atoms with Crippen LogP contribution in [0.15, 0.2) is 42.5 Å². The summed E-state index contributed by atoms with van der Waals surface area (Å²) in [5, 5.41) is 0. The lowest BCUT2D eigenvalue weighted by Crippen LogP contribution is -2.41. The number of hydrogen-bond donors (Lipinski definition) is 0. The van der Waals surface area contributed by atoms with E-state index < -0.39 is 0 Å². The maximum Gasteiger partial charge on any atom is 0.318 e. The fourth-order valence-corrected chi connectivity index (χ4v) is 5.00. The average Bonchev–Trinajstić information content (AvgIpc) is 2.89. The summed E-state index contributed by atoms with van der Waals surface area (Å²) in [5.41, 5.74) is 6.03. The topological polar surface area (TPSA) is 43.4 Å². The molecule has 25 heavy (non-hydrogen) atoms. The second-order valence-corrected chi connectivity index (χ2v) is 8.47. The van der Waals surface area contributed by atoms with Crippen LogP contribution < -0.4 is 0 Å². The molecule has 6 rings (SSSR count). The molecule has 2 bridgehead atoms. The maximum absolute atomic E-state index is 12.5. The summed E-state index contributed by atoms with van der Waals surface area (Å²) in [7, 11) is 0. The standard InChI is InChI=1S/C22H20O3/c1-22(2,3)11-8-9-14-15(10-11)17-13-7-5-4-6-12(13)16(14)18-19(17)21(24)25-20(18)23/h4-10,16-19H,1-3H3/t16-,17-,18+,19-/m1/s1. The normalized spacial score (nSPS) is 29.1. The zero-order valence-electron chi connectivity index (χ0n) is 14.6. The summed E-state index contributed by atoms with van der Waals surface area (Å²) in [5.74, 6) is -1.62. The Labute approximate surface area is 147 Å². The SMILES string of the molecule is CC(C)(C)c1ccc2c(c1)[C@H]1c3ccccc3[C@H]2[C@@H]2C(=O)OC(=O)[C@H]12. The van der Waals surface area contributed by atoms with Crippen molar-refractivity contribution in [2.75, 3.05) is 0 Å². The Kier molecular flexibility index (Phi) is 2.74.